The largest absolute Gasteiger partial charge is 0.368 e. The molecule has 7 heteroatoms. The van der Waals surface area contributed by atoms with Crippen molar-refractivity contribution >= 4 is 51.6 Å². The average Bonchev–Trinajstić information content (AvgIpc) is 3.18. The van der Waals surface area contributed by atoms with Crippen LogP contribution in [-0.2, 0) is 0 Å². The number of likely N-dealkylation sites (tertiary alicyclic amines) is 1. The Morgan fingerprint density at radius 2 is 1.78 bits per heavy atom. The molecule has 1 aliphatic heterocycles. The molecule has 0 amide bonds. The van der Waals surface area contributed by atoms with Gasteiger partial charge in [0.2, 0.25) is 5.95 Å². The van der Waals surface area contributed by atoms with Crippen LogP contribution in [0.2, 0.25) is 10.0 Å². The third-order valence-corrected chi connectivity index (χ3v) is 5.44. The first-order chi connectivity index (χ1) is 13.2. The minimum absolute atomic E-state index is 0.492. The lowest BCUT2D eigenvalue weighted by Gasteiger charge is -2.16. The van der Waals surface area contributed by atoms with E-state index in [4.69, 9.17) is 23.2 Å². The number of nitrogens with zero attached hydrogens (tertiary/aromatic N) is 3. The van der Waals surface area contributed by atoms with Gasteiger partial charge in [0.15, 0.2) is 0 Å². The Morgan fingerprint density at radius 1 is 0.963 bits per heavy atom. The number of rotatable bonds is 6. The van der Waals surface area contributed by atoms with Crippen molar-refractivity contribution in [2.75, 3.05) is 36.8 Å². The fourth-order valence-electron chi connectivity index (χ4n) is 3.31. The summed E-state index contributed by atoms with van der Waals surface area (Å²) in [5.74, 6) is 1.36. The highest BCUT2D eigenvalue weighted by atomic mass is 35.5. The fraction of sp³-hybridized carbons (Fsp3) is 0.300. The first-order valence-corrected chi connectivity index (χ1v) is 9.90. The molecule has 3 aromatic rings. The molecule has 0 radical (unpaired) electrons. The van der Waals surface area contributed by atoms with Crippen LogP contribution in [0.3, 0.4) is 0 Å². The predicted octanol–water partition coefficient (Wildman–Crippen LogP) is 5.19. The summed E-state index contributed by atoms with van der Waals surface area (Å²) in [6.07, 6.45) is 2.60. The molecule has 140 valence electrons. The second-order valence-electron chi connectivity index (χ2n) is 6.64. The molecule has 4 rings (SSSR count). The van der Waals surface area contributed by atoms with E-state index >= 15 is 0 Å². The van der Waals surface area contributed by atoms with Crippen molar-refractivity contribution in [1.29, 1.82) is 0 Å². The first-order valence-electron chi connectivity index (χ1n) is 9.14. The fourth-order valence-corrected chi connectivity index (χ4v) is 3.61. The van der Waals surface area contributed by atoms with Gasteiger partial charge in [0.05, 0.1) is 15.6 Å². The molecule has 0 aliphatic carbocycles. The van der Waals surface area contributed by atoms with E-state index in [1.165, 1.54) is 25.9 Å². The number of benzene rings is 2. The van der Waals surface area contributed by atoms with Crippen molar-refractivity contribution in [1.82, 2.24) is 14.9 Å². The van der Waals surface area contributed by atoms with E-state index in [-0.39, 0.29) is 0 Å². The second kappa shape index (κ2) is 8.30. The van der Waals surface area contributed by atoms with Crippen molar-refractivity contribution in [3.8, 4) is 0 Å². The topological polar surface area (TPSA) is 53.1 Å². The highest BCUT2D eigenvalue weighted by Crippen LogP contribution is 2.28. The van der Waals surface area contributed by atoms with E-state index in [9.17, 15) is 0 Å². The highest BCUT2D eigenvalue weighted by molar-refractivity contribution is 6.42. The lowest BCUT2D eigenvalue weighted by Crippen LogP contribution is -2.26. The average molecular weight is 402 g/mol. The monoisotopic (exact) mass is 401 g/mol. The molecule has 0 spiro atoms. The van der Waals surface area contributed by atoms with Crippen LogP contribution in [-0.4, -0.2) is 41.0 Å². The molecule has 2 N–H and O–H groups in total. The molecular formula is C20H21Cl2N5. The number of nitrogens with one attached hydrogen (secondary N) is 2. The van der Waals surface area contributed by atoms with Gasteiger partial charge in [-0.25, -0.2) is 4.98 Å². The van der Waals surface area contributed by atoms with Gasteiger partial charge in [0.1, 0.15) is 5.82 Å². The van der Waals surface area contributed by atoms with Crippen LogP contribution in [0.15, 0.2) is 42.5 Å². The summed E-state index contributed by atoms with van der Waals surface area (Å²) >= 11 is 12.1. The molecule has 0 saturated carbocycles. The summed E-state index contributed by atoms with van der Waals surface area (Å²) in [5.41, 5.74) is 1.68. The van der Waals surface area contributed by atoms with Crippen molar-refractivity contribution in [3.05, 3.63) is 52.5 Å². The molecule has 0 unspecified atom stereocenters. The van der Waals surface area contributed by atoms with Gasteiger partial charge in [-0.1, -0.05) is 35.3 Å². The van der Waals surface area contributed by atoms with Crippen LogP contribution in [0.1, 0.15) is 12.8 Å². The molecule has 2 aromatic carbocycles. The van der Waals surface area contributed by atoms with E-state index in [1.54, 1.807) is 12.1 Å². The smallest absolute Gasteiger partial charge is 0.229 e. The summed E-state index contributed by atoms with van der Waals surface area (Å²) in [4.78, 5) is 11.8. The maximum Gasteiger partial charge on any atom is 0.229 e. The van der Waals surface area contributed by atoms with Crippen molar-refractivity contribution in [2.24, 2.45) is 0 Å². The van der Waals surface area contributed by atoms with Gasteiger partial charge < -0.3 is 15.5 Å². The minimum atomic E-state index is 0.492. The summed E-state index contributed by atoms with van der Waals surface area (Å²) in [5, 5.41) is 8.73. The van der Waals surface area contributed by atoms with Crippen molar-refractivity contribution in [2.45, 2.75) is 12.8 Å². The molecule has 1 fully saturated rings. The third kappa shape index (κ3) is 4.43. The van der Waals surface area contributed by atoms with Crippen LogP contribution in [0.5, 0.6) is 0 Å². The normalized spacial score (nSPS) is 14.6. The standard InChI is InChI=1S/C20H21Cl2N5/c21-16-8-7-14(13-17(16)22)24-20-25-18-6-2-1-5-15(18)19(26-20)23-9-12-27-10-3-4-11-27/h1-2,5-8,13H,3-4,9-12H2,(H2,23,24,25,26). The van der Waals surface area contributed by atoms with Crippen molar-refractivity contribution in [3.63, 3.8) is 0 Å². The zero-order valence-electron chi connectivity index (χ0n) is 14.9. The minimum Gasteiger partial charge on any atom is -0.368 e. The molecule has 0 bridgehead atoms. The van der Waals surface area contributed by atoms with E-state index in [1.807, 2.05) is 30.3 Å². The SMILES string of the molecule is Clc1ccc(Nc2nc(NCCN3CCCC3)c3ccccc3n2)cc1Cl. The summed E-state index contributed by atoms with van der Waals surface area (Å²) in [6, 6.07) is 13.4. The Balaban J connectivity index is 1.56. The number of fused-ring (bicyclic) bond motifs is 1. The Kier molecular flexibility index (Phi) is 5.62. The number of anilines is 3. The van der Waals surface area contributed by atoms with Crippen LogP contribution in [0.4, 0.5) is 17.5 Å². The maximum absolute atomic E-state index is 6.11. The van der Waals surface area contributed by atoms with Crippen LogP contribution >= 0.6 is 23.2 Å². The van der Waals surface area contributed by atoms with E-state index in [0.29, 0.717) is 16.0 Å². The Hall–Kier alpha value is -2.08. The van der Waals surface area contributed by atoms with Gasteiger partial charge in [0.25, 0.3) is 0 Å². The maximum atomic E-state index is 6.11. The predicted molar refractivity (Wildman–Crippen MR) is 113 cm³/mol. The lowest BCUT2D eigenvalue weighted by molar-refractivity contribution is 0.352. The molecule has 27 heavy (non-hydrogen) atoms. The first kappa shape index (κ1) is 18.3. The molecule has 1 aromatic heterocycles. The number of para-hydroxylation sites is 1. The lowest BCUT2D eigenvalue weighted by atomic mass is 10.2. The zero-order chi connectivity index (χ0) is 18.6. The van der Waals surface area contributed by atoms with Crippen molar-refractivity contribution < 1.29 is 0 Å². The quantitative estimate of drug-likeness (QED) is 0.595. The van der Waals surface area contributed by atoms with Gasteiger partial charge in [-0.2, -0.15) is 4.98 Å². The second-order valence-corrected chi connectivity index (χ2v) is 7.46. The van der Waals surface area contributed by atoms with Gasteiger partial charge in [-0.3, -0.25) is 0 Å². The van der Waals surface area contributed by atoms with Gasteiger partial charge in [-0.05, 0) is 56.3 Å². The number of aromatic nitrogens is 2. The molecular weight excluding hydrogens is 381 g/mol. The van der Waals surface area contributed by atoms with E-state index in [0.717, 1.165) is 35.5 Å². The number of hydrogen-bond donors (Lipinski definition) is 2. The van der Waals surface area contributed by atoms with Crippen LogP contribution < -0.4 is 10.6 Å². The van der Waals surface area contributed by atoms with Crippen LogP contribution in [0.25, 0.3) is 10.9 Å². The molecule has 1 aliphatic rings. The Morgan fingerprint density at radius 3 is 2.59 bits per heavy atom. The molecule has 1 saturated heterocycles. The molecule has 2 heterocycles. The van der Waals surface area contributed by atoms with E-state index < -0.39 is 0 Å². The third-order valence-electron chi connectivity index (χ3n) is 4.70. The molecule has 5 nitrogen and oxygen atoms in total. The van der Waals surface area contributed by atoms with Crippen LogP contribution in [0, 0.1) is 0 Å². The van der Waals surface area contributed by atoms with E-state index in [2.05, 4.69) is 25.5 Å². The summed E-state index contributed by atoms with van der Waals surface area (Å²) < 4.78 is 0. The Bertz CT molecular complexity index is 941. The summed E-state index contributed by atoms with van der Waals surface area (Å²) in [7, 11) is 0. The molecule has 0 atom stereocenters. The zero-order valence-corrected chi connectivity index (χ0v) is 16.4. The Labute approximate surface area is 168 Å². The summed E-state index contributed by atoms with van der Waals surface area (Å²) in [6.45, 7) is 4.26. The number of hydrogen-bond acceptors (Lipinski definition) is 5. The highest BCUT2D eigenvalue weighted by Gasteiger charge is 2.12. The van der Waals surface area contributed by atoms with Gasteiger partial charge in [0, 0.05) is 24.2 Å². The van der Waals surface area contributed by atoms with Gasteiger partial charge in [-0.15, -0.1) is 0 Å². The number of halogens is 2. The van der Waals surface area contributed by atoms with Gasteiger partial charge >= 0.3 is 0 Å².